The Bertz CT molecular complexity index is 575. The van der Waals surface area contributed by atoms with Gasteiger partial charge in [-0.3, -0.25) is 9.78 Å². The molecular formula is C11H13N3O2. The summed E-state index contributed by atoms with van der Waals surface area (Å²) >= 11 is 0. The molecule has 84 valence electrons. The zero-order valence-electron chi connectivity index (χ0n) is 9.44. The molecule has 0 aliphatic rings. The summed E-state index contributed by atoms with van der Waals surface area (Å²) in [5, 5.41) is 0.561. The van der Waals surface area contributed by atoms with Gasteiger partial charge in [0.1, 0.15) is 5.75 Å². The van der Waals surface area contributed by atoms with Crippen LogP contribution in [0, 0.1) is 0 Å². The number of anilines is 1. The Hall–Kier alpha value is -2.04. The van der Waals surface area contributed by atoms with E-state index in [1.54, 1.807) is 30.2 Å². The molecule has 2 rings (SSSR count). The molecule has 0 unspecified atom stereocenters. The van der Waals surface area contributed by atoms with Crippen molar-refractivity contribution in [1.82, 2.24) is 9.97 Å². The van der Waals surface area contributed by atoms with Gasteiger partial charge in [0, 0.05) is 20.2 Å². The zero-order chi connectivity index (χ0) is 11.7. The predicted molar refractivity (Wildman–Crippen MR) is 63.2 cm³/mol. The largest absolute Gasteiger partial charge is 0.497 e. The first kappa shape index (κ1) is 10.5. The number of H-pyrrole nitrogens is 1. The molecule has 1 heterocycles. The molecule has 1 aromatic heterocycles. The summed E-state index contributed by atoms with van der Waals surface area (Å²) in [5.41, 5.74) is 0.489. The number of aromatic nitrogens is 2. The lowest BCUT2D eigenvalue weighted by atomic mass is 10.2. The Morgan fingerprint density at radius 3 is 2.75 bits per heavy atom. The maximum atomic E-state index is 11.7. The number of nitrogens with one attached hydrogen (secondary N) is 1. The van der Waals surface area contributed by atoms with Gasteiger partial charge in [-0.2, -0.15) is 0 Å². The van der Waals surface area contributed by atoms with Crippen LogP contribution in [0.25, 0.3) is 10.9 Å². The summed E-state index contributed by atoms with van der Waals surface area (Å²) in [5.74, 6) is 1.22. The standard InChI is InChI=1S/C11H13N3O2/c1-14(2)11-12-9-6-7(16-3)4-5-8(9)10(15)13-11/h4-6H,1-3H3,(H,12,13,15). The normalized spacial score (nSPS) is 10.4. The van der Waals surface area contributed by atoms with Crippen LogP contribution in [-0.4, -0.2) is 31.2 Å². The number of benzene rings is 1. The number of nitrogens with zero attached hydrogens (tertiary/aromatic N) is 2. The van der Waals surface area contributed by atoms with Crippen molar-refractivity contribution in [3.05, 3.63) is 28.6 Å². The van der Waals surface area contributed by atoms with Gasteiger partial charge in [0.05, 0.1) is 18.0 Å². The van der Waals surface area contributed by atoms with Gasteiger partial charge in [-0.1, -0.05) is 0 Å². The second-order valence-corrected chi connectivity index (χ2v) is 3.67. The summed E-state index contributed by atoms with van der Waals surface area (Å²) < 4.78 is 5.10. The molecule has 0 aliphatic carbocycles. The highest BCUT2D eigenvalue weighted by Crippen LogP contribution is 2.17. The van der Waals surface area contributed by atoms with Gasteiger partial charge in [0.25, 0.3) is 5.56 Å². The van der Waals surface area contributed by atoms with Crippen LogP contribution in [0.4, 0.5) is 5.95 Å². The summed E-state index contributed by atoms with van der Waals surface area (Å²) in [4.78, 5) is 20.5. The van der Waals surface area contributed by atoms with Crippen LogP contribution in [0.2, 0.25) is 0 Å². The van der Waals surface area contributed by atoms with Crippen molar-refractivity contribution in [1.29, 1.82) is 0 Å². The highest BCUT2D eigenvalue weighted by Gasteiger charge is 2.05. The highest BCUT2D eigenvalue weighted by molar-refractivity contribution is 5.80. The summed E-state index contributed by atoms with van der Waals surface area (Å²) in [6.45, 7) is 0. The van der Waals surface area contributed by atoms with E-state index >= 15 is 0 Å². The van der Waals surface area contributed by atoms with Crippen molar-refractivity contribution in [3.8, 4) is 5.75 Å². The van der Waals surface area contributed by atoms with Gasteiger partial charge < -0.3 is 9.64 Å². The van der Waals surface area contributed by atoms with E-state index in [0.717, 1.165) is 0 Å². The van der Waals surface area contributed by atoms with Crippen molar-refractivity contribution in [2.24, 2.45) is 0 Å². The Labute approximate surface area is 92.7 Å². The monoisotopic (exact) mass is 219 g/mol. The molecule has 0 aliphatic heterocycles. The van der Waals surface area contributed by atoms with Gasteiger partial charge >= 0.3 is 0 Å². The van der Waals surface area contributed by atoms with Crippen LogP contribution < -0.4 is 15.2 Å². The molecule has 0 amide bonds. The molecule has 1 aromatic carbocycles. The second kappa shape index (κ2) is 3.84. The van der Waals surface area contributed by atoms with Crippen LogP contribution in [-0.2, 0) is 0 Å². The fraction of sp³-hybridized carbons (Fsp3) is 0.273. The van der Waals surface area contributed by atoms with Crippen molar-refractivity contribution in [2.45, 2.75) is 0 Å². The summed E-state index contributed by atoms with van der Waals surface area (Å²) in [6, 6.07) is 5.20. The van der Waals surface area contributed by atoms with Crippen molar-refractivity contribution < 1.29 is 4.74 Å². The third kappa shape index (κ3) is 1.71. The molecule has 0 radical (unpaired) electrons. The number of rotatable bonds is 2. The van der Waals surface area contributed by atoms with Gasteiger partial charge in [0.2, 0.25) is 5.95 Å². The van der Waals surface area contributed by atoms with E-state index in [-0.39, 0.29) is 5.56 Å². The second-order valence-electron chi connectivity index (χ2n) is 3.67. The maximum Gasteiger partial charge on any atom is 0.260 e. The predicted octanol–water partition coefficient (Wildman–Crippen LogP) is 0.998. The van der Waals surface area contributed by atoms with Gasteiger partial charge in [-0.05, 0) is 12.1 Å². The van der Waals surface area contributed by atoms with Crippen LogP contribution in [0.3, 0.4) is 0 Å². The first-order valence-electron chi connectivity index (χ1n) is 4.87. The smallest absolute Gasteiger partial charge is 0.260 e. The molecular weight excluding hydrogens is 206 g/mol. The van der Waals surface area contributed by atoms with Gasteiger partial charge in [-0.25, -0.2) is 4.98 Å². The van der Waals surface area contributed by atoms with Crippen molar-refractivity contribution in [2.75, 3.05) is 26.1 Å². The van der Waals surface area contributed by atoms with Crippen molar-refractivity contribution in [3.63, 3.8) is 0 Å². The maximum absolute atomic E-state index is 11.7. The Balaban J connectivity index is 2.73. The van der Waals surface area contributed by atoms with E-state index in [4.69, 9.17) is 4.74 Å². The fourth-order valence-electron chi connectivity index (χ4n) is 1.45. The fourth-order valence-corrected chi connectivity index (χ4v) is 1.45. The molecule has 0 saturated heterocycles. The summed E-state index contributed by atoms with van der Waals surface area (Å²) in [7, 11) is 5.23. The first-order valence-corrected chi connectivity index (χ1v) is 4.87. The SMILES string of the molecule is COc1ccc2c(=O)[nH]c(N(C)C)nc2c1. The highest BCUT2D eigenvalue weighted by atomic mass is 16.5. The molecule has 0 fully saturated rings. The van der Waals surface area contributed by atoms with E-state index in [2.05, 4.69) is 9.97 Å². The minimum atomic E-state index is -0.142. The number of hydrogen-bond acceptors (Lipinski definition) is 4. The molecule has 5 heteroatoms. The Morgan fingerprint density at radius 2 is 2.12 bits per heavy atom. The molecule has 0 bridgehead atoms. The van der Waals surface area contributed by atoms with E-state index in [1.807, 2.05) is 14.1 Å². The lowest BCUT2D eigenvalue weighted by Gasteiger charge is -2.11. The van der Waals surface area contributed by atoms with E-state index in [1.165, 1.54) is 0 Å². The number of hydrogen-bond donors (Lipinski definition) is 1. The van der Waals surface area contributed by atoms with E-state index in [0.29, 0.717) is 22.6 Å². The lowest BCUT2D eigenvalue weighted by molar-refractivity contribution is 0.415. The van der Waals surface area contributed by atoms with E-state index in [9.17, 15) is 4.79 Å². The average molecular weight is 219 g/mol. The first-order chi connectivity index (χ1) is 7.61. The van der Waals surface area contributed by atoms with Crippen LogP contribution in [0.1, 0.15) is 0 Å². The quantitative estimate of drug-likeness (QED) is 0.818. The number of methoxy groups -OCH3 is 1. The molecule has 0 atom stereocenters. The number of ether oxygens (including phenoxy) is 1. The molecule has 5 nitrogen and oxygen atoms in total. The minimum Gasteiger partial charge on any atom is -0.497 e. The molecule has 0 saturated carbocycles. The minimum absolute atomic E-state index is 0.142. The van der Waals surface area contributed by atoms with Crippen LogP contribution in [0.15, 0.2) is 23.0 Å². The van der Waals surface area contributed by atoms with Crippen molar-refractivity contribution >= 4 is 16.9 Å². The average Bonchev–Trinajstić information content (AvgIpc) is 2.28. The topological polar surface area (TPSA) is 58.2 Å². The Morgan fingerprint density at radius 1 is 1.38 bits per heavy atom. The summed E-state index contributed by atoms with van der Waals surface area (Å²) in [6.07, 6.45) is 0. The van der Waals surface area contributed by atoms with E-state index < -0.39 is 0 Å². The molecule has 1 N–H and O–H groups in total. The number of aromatic amines is 1. The zero-order valence-corrected chi connectivity index (χ0v) is 9.44. The van der Waals surface area contributed by atoms with Crippen LogP contribution in [0.5, 0.6) is 5.75 Å². The number of fused-ring (bicyclic) bond motifs is 1. The van der Waals surface area contributed by atoms with Gasteiger partial charge in [-0.15, -0.1) is 0 Å². The third-order valence-corrected chi connectivity index (χ3v) is 2.32. The molecule has 2 aromatic rings. The Kier molecular flexibility index (Phi) is 2.52. The van der Waals surface area contributed by atoms with Gasteiger partial charge in [0.15, 0.2) is 0 Å². The third-order valence-electron chi connectivity index (χ3n) is 2.32. The van der Waals surface area contributed by atoms with Crippen LogP contribution >= 0.6 is 0 Å². The molecule has 0 spiro atoms. The molecule has 16 heavy (non-hydrogen) atoms. The lowest BCUT2D eigenvalue weighted by Crippen LogP contribution is -2.18.